The van der Waals surface area contributed by atoms with E-state index in [1.165, 1.54) is 11.3 Å². The van der Waals surface area contributed by atoms with Crippen molar-refractivity contribution in [2.45, 2.75) is 52.1 Å². The van der Waals surface area contributed by atoms with Crippen LogP contribution in [0.5, 0.6) is 0 Å². The average molecular weight is 522 g/mol. The summed E-state index contributed by atoms with van der Waals surface area (Å²) in [6.07, 6.45) is 1.33. The molecular formula is C25H36ClN5O3S. The fraction of sp³-hybridized carbons (Fsp3) is 0.520. The van der Waals surface area contributed by atoms with Crippen molar-refractivity contribution in [3.8, 4) is 0 Å². The number of thiazole rings is 1. The molecule has 0 aliphatic heterocycles. The molecule has 0 unspecified atom stereocenters. The predicted octanol–water partition coefficient (Wildman–Crippen LogP) is 3.15. The predicted molar refractivity (Wildman–Crippen MR) is 143 cm³/mol. The van der Waals surface area contributed by atoms with Crippen LogP contribution in [0.25, 0.3) is 10.2 Å². The molecule has 1 aromatic heterocycles. The van der Waals surface area contributed by atoms with Gasteiger partial charge < -0.3 is 20.9 Å². The van der Waals surface area contributed by atoms with Crippen LogP contribution in [0.15, 0.2) is 30.4 Å². The van der Waals surface area contributed by atoms with Crippen molar-refractivity contribution < 1.29 is 14.4 Å². The molecule has 8 nitrogen and oxygen atoms in total. The number of carbonyl (C=O) groups is 3. The maximum absolute atomic E-state index is 13.3. The van der Waals surface area contributed by atoms with Crippen LogP contribution in [0.4, 0.5) is 0 Å². The van der Waals surface area contributed by atoms with E-state index >= 15 is 0 Å². The summed E-state index contributed by atoms with van der Waals surface area (Å²) < 4.78 is 0.923. The summed E-state index contributed by atoms with van der Waals surface area (Å²) in [5.74, 6) is -0.669. The topological polar surface area (TPSA) is 103 Å². The first-order chi connectivity index (χ1) is 16.5. The quantitative estimate of drug-likeness (QED) is 0.351. The summed E-state index contributed by atoms with van der Waals surface area (Å²) in [7, 11) is 3.73. The standard InChI is InChI=1S/C25H36ClN5O3S/c1-7-15(3)20(13-27-24(33)16(4)14-31(5)6)30-25(34)19(28-22(32)8-2)12-23-29-18-10-9-17(26)11-21(18)35-23/h9-11,15,19-20H,4,7-8,12-14H2,1-3,5-6H3,(H,27,33)(H,28,32)(H,30,34)/t15-,19-,20+/m0/s1. The van der Waals surface area contributed by atoms with Gasteiger partial charge in [0, 0.05) is 42.6 Å². The van der Waals surface area contributed by atoms with E-state index in [1.54, 1.807) is 13.0 Å². The first-order valence-corrected chi connectivity index (χ1v) is 13.0. The Labute approximate surface area is 216 Å². The van der Waals surface area contributed by atoms with Gasteiger partial charge in [-0.15, -0.1) is 11.3 Å². The fourth-order valence-corrected chi connectivity index (χ4v) is 4.75. The SMILES string of the molecule is C=C(CN(C)C)C(=O)NC[C@@H](NC(=O)[C@H](Cc1nc2ccc(Cl)cc2s1)NC(=O)CC)[C@@H](C)CC. The van der Waals surface area contributed by atoms with Gasteiger partial charge in [-0.05, 0) is 38.2 Å². The number of amides is 3. The minimum Gasteiger partial charge on any atom is -0.350 e. The molecule has 192 valence electrons. The number of halogens is 1. The molecule has 35 heavy (non-hydrogen) atoms. The van der Waals surface area contributed by atoms with Gasteiger partial charge >= 0.3 is 0 Å². The van der Waals surface area contributed by atoms with Gasteiger partial charge in [0.05, 0.1) is 15.2 Å². The van der Waals surface area contributed by atoms with Crippen molar-refractivity contribution in [1.29, 1.82) is 0 Å². The van der Waals surface area contributed by atoms with Crippen molar-refractivity contribution in [3.05, 3.63) is 40.4 Å². The van der Waals surface area contributed by atoms with E-state index in [-0.39, 0.29) is 49.1 Å². The Morgan fingerprint density at radius 1 is 1.20 bits per heavy atom. The third-order valence-electron chi connectivity index (χ3n) is 5.72. The highest BCUT2D eigenvalue weighted by atomic mass is 35.5. The summed E-state index contributed by atoms with van der Waals surface area (Å²) >= 11 is 7.53. The summed E-state index contributed by atoms with van der Waals surface area (Å²) in [5.41, 5.74) is 1.25. The van der Waals surface area contributed by atoms with Crippen molar-refractivity contribution in [1.82, 2.24) is 25.8 Å². The molecule has 1 heterocycles. The molecule has 3 atom stereocenters. The van der Waals surface area contributed by atoms with Crippen molar-refractivity contribution in [2.24, 2.45) is 5.92 Å². The van der Waals surface area contributed by atoms with E-state index in [4.69, 9.17) is 11.6 Å². The lowest BCUT2D eigenvalue weighted by Gasteiger charge is -2.27. The van der Waals surface area contributed by atoms with Crippen LogP contribution in [0.3, 0.4) is 0 Å². The number of aromatic nitrogens is 1. The minimum absolute atomic E-state index is 0.105. The Bertz CT molecular complexity index is 1050. The van der Waals surface area contributed by atoms with E-state index in [2.05, 4.69) is 27.5 Å². The molecule has 0 saturated heterocycles. The van der Waals surface area contributed by atoms with Gasteiger partial charge in [0.15, 0.2) is 0 Å². The van der Waals surface area contributed by atoms with Gasteiger partial charge in [-0.3, -0.25) is 14.4 Å². The second-order valence-electron chi connectivity index (χ2n) is 8.95. The molecule has 0 bridgehead atoms. The lowest BCUT2D eigenvalue weighted by molar-refractivity contribution is -0.129. The Morgan fingerprint density at radius 3 is 2.54 bits per heavy atom. The number of likely N-dealkylation sites (N-methyl/N-ethyl adjacent to an activating group) is 1. The molecule has 2 rings (SSSR count). The highest BCUT2D eigenvalue weighted by Gasteiger charge is 2.27. The summed E-state index contributed by atoms with van der Waals surface area (Å²) in [5, 5.41) is 10.1. The zero-order chi connectivity index (χ0) is 26.1. The number of hydrogen-bond donors (Lipinski definition) is 3. The van der Waals surface area contributed by atoms with Crippen LogP contribution in [-0.4, -0.2) is 66.9 Å². The largest absolute Gasteiger partial charge is 0.350 e. The molecule has 3 N–H and O–H groups in total. The van der Waals surface area contributed by atoms with Gasteiger partial charge in [-0.1, -0.05) is 45.4 Å². The third-order valence-corrected chi connectivity index (χ3v) is 6.99. The number of nitrogens with zero attached hydrogens (tertiary/aromatic N) is 2. The second kappa shape index (κ2) is 13.6. The normalized spacial score (nSPS) is 13.8. The number of benzene rings is 1. The first kappa shape index (κ1) is 28.7. The Balaban J connectivity index is 2.14. The third kappa shape index (κ3) is 8.91. The van der Waals surface area contributed by atoms with Crippen LogP contribution in [0.1, 0.15) is 38.6 Å². The van der Waals surface area contributed by atoms with Crippen LogP contribution in [0, 0.1) is 5.92 Å². The van der Waals surface area contributed by atoms with Crippen LogP contribution < -0.4 is 16.0 Å². The number of carbonyl (C=O) groups excluding carboxylic acids is 3. The smallest absolute Gasteiger partial charge is 0.247 e. The molecule has 3 amide bonds. The molecule has 2 aromatic rings. The minimum atomic E-state index is -0.788. The van der Waals surface area contributed by atoms with E-state index in [0.717, 1.165) is 21.6 Å². The molecule has 1 aromatic carbocycles. The van der Waals surface area contributed by atoms with Gasteiger partial charge in [0.1, 0.15) is 6.04 Å². The van der Waals surface area contributed by atoms with Crippen molar-refractivity contribution >= 4 is 50.9 Å². The zero-order valence-corrected chi connectivity index (χ0v) is 22.7. The lowest BCUT2D eigenvalue weighted by Crippen LogP contribution is -2.54. The van der Waals surface area contributed by atoms with Crippen molar-refractivity contribution in [2.75, 3.05) is 27.2 Å². The second-order valence-corrected chi connectivity index (χ2v) is 10.5. The summed E-state index contributed by atoms with van der Waals surface area (Å²) in [4.78, 5) is 44.4. The molecule has 0 aliphatic rings. The Morgan fingerprint density at radius 2 is 1.91 bits per heavy atom. The zero-order valence-electron chi connectivity index (χ0n) is 21.1. The van der Waals surface area contributed by atoms with E-state index in [9.17, 15) is 14.4 Å². The van der Waals surface area contributed by atoms with Gasteiger partial charge in [-0.2, -0.15) is 0 Å². The molecule has 0 fully saturated rings. The lowest BCUT2D eigenvalue weighted by atomic mass is 9.98. The monoisotopic (exact) mass is 521 g/mol. The maximum atomic E-state index is 13.3. The number of fused-ring (bicyclic) bond motifs is 1. The van der Waals surface area contributed by atoms with E-state index in [0.29, 0.717) is 17.1 Å². The first-order valence-electron chi connectivity index (χ1n) is 11.8. The number of nitrogens with one attached hydrogen (secondary N) is 3. The van der Waals surface area contributed by atoms with E-state index < -0.39 is 6.04 Å². The molecule has 0 radical (unpaired) electrons. The summed E-state index contributed by atoms with van der Waals surface area (Å²) in [6.45, 7) is 10.3. The van der Waals surface area contributed by atoms with Crippen LogP contribution >= 0.6 is 22.9 Å². The molecular weight excluding hydrogens is 486 g/mol. The van der Waals surface area contributed by atoms with Gasteiger partial charge in [0.2, 0.25) is 17.7 Å². The highest BCUT2D eigenvalue weighted by Crippen LogP contribution is 2.26. The number of rotatable bonds is 13. The van der Waals surface area contributed by atoms with E-state index in [1.807, 2.05) is 45.0 Å². The highest BCUT2D eigenvalue weighted by molar-refractivity contribution is 7.18. The molecule has 0 spiro atoms. The Hall–Kier alpha value is -2.49. The van der Waals surface area contributed by atoms with Crippen LogP contribution in [0.2, 0.25) is 5.02 Å². The Kier molecular flexibility index (Phi) is 11.1. The van der Waals surface area contributed by atoms with Crippen LogP contribution in [-0.2, 0) is 20.8 Å². The van der Waals surface area contributed by atoms with Crippen molar-refractivity contribution in [3.63, 3.8) is 0 Å². The van der Waals surface area contributed by atoms with Gasteiger partial charge in [0.25, 0.3) is 0 Å². The summed E-state index contributed by atoms with van der Waals surface area (Å²) in [6, 6.07) is 4.35. The molecule has 0 aliphatic carbocycles. The van der Waals surface area contributed by atoms with Gasteiger partial charge in [-0.25, -0.2) is 4.98 Å². The fourth-order valence-electron chi connectivity index (χ4n) is 3.46. The average Bonchev–Trinajstić information content (AvgIpc) is 3.21. The molecule has 0 saturated carbocycles. The number of hydrogen-bond acceptors (Lipinski definition) is 6. The maximum Gasteiger partial charge on any atom is 0.247 e. The molecule has 10 heteroatoms.